The average molecular weight is 470 g/mol. The van der Waals surface area contributed by atoms with Gasteiger partial charge < -0.3 is 30.2 Å². The molecule has 1 atom stereocenters. The molecule has 0 saturated carbocycles. The summed E-state index contributed by atoms with van der Waals surface area (Å²) in [6.45, 7) is 6.61. The number of hydrogen-bond acceptors (Lipinski definition) is 7. The topological polar surface area (TPSA) is 115 Å². The summed E-state index contributed by atoms with van der Waals surface area (Å²) in [6.07, 6.45) is 1.28. The van der Waals surface area contributed by atoms with Crippen LogP contribution in [0.2, 0.25) is 0 Å². The molecule has 0 heterocycles. The van der Waals surface area contributed by atoms with Crippen molar-refractivity contribution in [2.24, 2.45) is 0 Å². The van der Waals surface area contributed by atoms with Gasteiger partial charge >= 0.3 is 12.2 Å². The molecule has 0 radical (unpaired) electrons. The van der Waals surface area contributed by atoms with Gasteiger partial charge in [-0.15, -0.1) is 0 Å². The highest BCUT2D eigenvalue weighted by molar-refractivity contribution is 7.98. The number of nitrogens with one attached hydrogen (secondary N) is 3. The minimum absolute atomic E-state index is 0.203. The third-order valence-corrected chi connectivity index (χ3v) is 4.54. The van der Waals surface area contributed by atoms with E-state index in [0.29, 0.717) is 6.42 Å². The molecule has 0 aliphatic rings. The second kappa shape index (κ2) is 15.4. The monoisotopic (exact) mass is 469 g/mol. The Balaban J connectivity index is 2.18. The third-order valence-electron chi connectivity index (χ3n) is 3.89. The van der Waals surface area contributed by atoms with E-state index in [4.69, 9.17) is 14.2 Å². The van der Waals surface area contributed by atoms with E-state index in [1.165, 1.54) is 0 Å². The van der Waals surface area contributed by atoms with Crippen molar-refractivity contribution < 1.29 is 28.6 Å². The number of carbonyl (C=O) groups is 3. The van der Waals surface area contributed by atoms with Gasteiger partial charge in [0.25, 0.3) is 0 Å². The molecule has 180 valence electrons. The van der Waals surface area contributed by atoms with Crippen LogP contribution in [-0.4, -0.2) is 68.0 Å². The van der Waals surface area contributed by atoms with Gasteiger partial charge in [-0.1, -0.05) is 30.3 Å². The Morgan fingerprint density at radius 3 is 2.28 bits per heavy atom. The van der Waals surface area contributed by atoms with Crippen molar-refractivity contribution in [3.63, 3.8) is 0 Å². The van der Waals surface area contributed by atoms with Crippen LogP contribution in [0.3, 0.4) is 0 Å². The number of thioether (sulfide) groups is 1. The Morgan fingerprint density at radius 2 is 1.66 bits per heavy atom. The van der Waals surface area contributed by atoms with Crippen LogP contribution in [0.15, 0.2) is 30.3 Å². The highest BCUT2D eigenvalue weighted by Gasteiger charge is 2.23. The Labute approximate surface area is 194 Å². The number of rotatable bonds is 13. The van der Waals surface area contributed by atoms with Crippen LogP contribution in [0.5, 0.6) is 0 Å². The maximum atomic E-state index is 12.4. The Hall–Kier alpha value is -2.46. The van der Waals surface area contributed by atoms with Gasteiger partial charge in [-0.25, -0.2) is 9.59 Å². The minimum atomic E-state index is -0.682. The zero-order valence-electron chi connectivity index (χ0n) is 19.3. The largest absolute Gasteiger partial charge is 0.445 e. The predicted octanol–water partition coefficient (Wildman–Crippen LogP) is 2.69. The molecule has 10 heteroatoms. The van der Waals surface area contributed by atoms with Gasteiger partial charge in [0.05, 0.1) is 13.2 Å². The Kier molecular flexibility index (Phi) is 13.2. The van der Waals surface area contributed by atoms with Gasteiger partial charge in [0.1, 0.15) is 18.2 Å². The average Bonchev–Trinajstić information content (AvgIpc) is 2.73. The van der Waals surface area contributed by atoms with Gasteiger partial charge in [-0.3, -0.25) is 4.79 Å². The third kappa shape index (κ3) is 13.8. The standard InChI is InChI=1S/C22H35N3O6S/c1-22(2,3)31-21(28)25-18(10-15-32-4)19(26)23-11-13-29-14-12-24-20(27)30-16-17-8-6-5-7-9-17/h5-9,18H,10-16H2,1-4H3,(H,23,26)(H,24,27)(H,25,28)/t18-/m0/s1. The molecule has 1 aromatic carbocycles. The molecule has 3 N–H and O–H groups in total. The maximum Gasteiger partial charge on any atom is 0.408 e. The second-order valence-electron chi connectivity index (χ2n) is 7.87. The lowest BCUT2D eigenvalue weighted by Gasteiger charge is -2.23. The van der Waals surface area contributed by atoms with Crippen LogP contribution in [-0.2, 0) is 25.6 Å². The number of carbonyl (C=O) groups excluding carboxylic acids is 3. The fourth-order valence-corrected chi connectivity index (χ4v) is 2.90. The minimum Gasteiger partial charge on any atom is -0.445 e. The van der Waals surface area contributed by atoms with Crippen LogP contribution < -0.4 is 16.0 Å². The highest BCUT2D eigenvalue weighted by Crippen LogP contribution is 2.08. The summed E-state index contributed by atoms with van der Waals surface area (Å²) < 4.78 is 15.7. The fraction of sp³-hybridized carbons (Fsp3) is 0.591. The van der Waals surface area contributed by atoms with Gasteiger partial charge in [-0.05, 0) is 44.8 Å². The summed E-state index contributed by atoms with van der Waals surface area (Å²) in [5.74, 6) is 0.423. The molecule has 1 rings (SSSR count). The fourth-order valence-electron chi connectivity index (χ4n) is 2.43. The zero-order valence-corrected chi connectivity index (χ0v) is 20.1. The Morgan fingerprint density at radius 1 is 1.00 bits per heavy atom. The molecule has 1 aromatic rings. The van der Waals surface area contributed by atoms with Gasteiger partial charge in [0.15, 0.2) is 0 Å². The number of alkyl carbamates (subject to hydrolysis) is 2. The number of hydrogen-bond donors (Lipinski definition) is 3. The summed E-state index contributed by atoms with van der Waals surface area (Å²) in [5, 5.41) is 7.96. The van der Waals surface area contributed by atoms with E-state index in [9.17, 15) is 14.4 Å². The van der Waals surface area contributed by atoms with E-state index in [1.807, 2.05) is 36.6 Å². The molecule has 32 heavy (non-hydrogen) atoms. The Bertz CT molecular complexity index is 697. The molecular formula is C22H35N3O6S. The van der Waals surface area contributed by atoms with E-state index in [1.54, 1.807) is 32.5 Å². The van der Waals surface area contributed by atoms with Crippen molar-refractivity contribution >= 4 is 29.9 Å². The highest BCUT2D eigenvalue weighted by atomic mass is 32.2. The quantitative estimate of drug-likeness (QED) is 0.381. The van der Waals surface area contributed by atoms with Gasteiger partial charge in [0.2, 0.25) is 5.91 Å². The molecule has 9 nitrogen and oxygen atoms in total. The molecule has 0 aliphatic carbocycles. The molecular weight excluding hydrogens is 434 g/mol. The summed E-state index contributed by atoms with van der Waals surface area (Å²) in [4.78, 5) is 36.0. The number of benzene rings is 1. The maximum absolute atomic E-state index is 12.4. The van der Waals surface area contributed by atoms with E-state index < -0.39 is 23.8 Å². The molecule has 0 aromatic heterocycles. The zero-order chi connectivity index (χ0) is 23.8. The van der Waals surface area contributed by atoms with Crippen molar-refractivity contribution in [1.29, 1.82) is 0 Å². The summed E-state index contributed by atoms with van der Waals surface area (Å²) in [5.41, 5.74) is 0.270. The summed E-state index contributed by atoms with van der Waals surface area (Å²) >= 11 is 1.59. The first-order chi connectivity index (χ1) is 15.2. The molecule has 0 fully saturated rings. The number of ether oxygens (including phenoxy) is 3. The van der Waals surface area contributed by atoms with Crippen molar-refractivity contribution in [3.05, 3.63) is 35.9 Å². The lowest BCUT2D eigenvalue weighted by molar-refractivity contribution is -0.123. The first kappa shape index (κ1) is 27.6. The van der Waals surface area contributed by atoms with Crippen molar-refractivity contribution in [1.82, 2.24) is 16.0 Å². The lowest BCUT2D eigenvalue weighted by Crippen LogP contribution is -2.49. The second-order valence-corrected chi connectivity index (χ2v) is 8.86. The van der Waals surface area contributed by atoms with E-state index >= 15 is 0 Å². The molecule has 3 amide bonds. The SMILES string of the molecule is CSCC[C@H](NC(=O)OC(C)(C)C)C(=O)NCCOCCNC(=O)OCc1ccccc1. The molecule has 0 aliphatic heterocycles. The van der Waals surface area contributed by atoms with Crippen LogP contribution in [0.1, 0.15) is 32.8 Å². The molecule has 0 unspecified atom stereocenters. The normalized spacial score (nSPS) is 11.9. The van der Waals surface area contributed by atoms with Crippen LogP contribution in [0.4, 0.5) is 9.59 Å². The van der Waals surface area contributed by atoms with E-state index in [2.05, 4.69) is 16.0 Å². The van der Waals surface area contributed by atoms with Crippen LogP contribution in [0, 0.1) is 0 Å². The van der Waals surface area contributed by atoms with Gasteiger partial charge in [-0.2, -0.15) is 11.8 Å². The summed E-state index contributed by atoms with van der Waals surface area (Å²) in [6, 6.07) is 8.71. The van der Waals surface area contributed by atoms with Gasteiger partial charge in [0, 0.05) is 13.1 Å². The molecule has 0 bridgehead atoms. The van der Waals surface area contributed by atoms with Crippen LogP contribution >= 0.6 is 11.8 Å². The lowest BCUT2D eigenvalue weighted by atomic mass is 10.2. The first-order valence-electron chi connectivity index (χ1n) is 10.5. The number of amides is 3. The molecule has 0 saturated heterocycles. The smallest absolute Gasteiger partial charge is 0.408 e. The van der Waals surface area contributed by atoms with E-state index in [0.717, 1.165) is 11.3 Å². The predicted molar refractivity (Wildman–Crippen MR) is 125 cm³/mol. The van der Waals surface area contributed by atoms with Crippen molar-refractivity contribution in [2.45, 2.75) is 45.4 Å². The van der Waals surface area contributed by atoms with Crippen molar-refractivity contribution in [2.75, 3.05) is 38.3 Å². The van der Waals surface area contributed by atoms with Crippen molar-refractivity contribution in [3.8, 4) is 0 Å². The van der Waals surface area contributed by atoms with E-state index in [-0.39, 0.29) is 38.8 Å². The van der Waals surface area contributed by atoms with Crippen LogP contribution in [0.25, 0.3) is 0 Å². The molecule has 0 spiro atoms. The first-order valence-corrected chi connectivity index (χ1v) is 11.9. The summed E-state index contributed by atoms with van der Waals surface area (Å²) in [7, 11) is 0.